The fourth-order valence-electron chi connectivity index (χ4n) is 2.46. The third-order valence-electron chi connectivity index (χ3n) is 4.14. The molecule has 0 aliphatic rings. The van der Waals surface area contributed by atoms with E-state index in [1.54, 1.807) is 30.4 Å². The van der Waals surface area contributed by atoms with E-state index in [4.69, 9.17) is 18.9 Å². The molecule has 7 nitrogen and oxygen atoms in total. The van der Waals surface area contributed by atoms with Gasteiger partial charge >= 0.3 is 11.9 Å². The van der Waals surface area contributed by atoms with Gasteiger partial charge in [0.25, 0.3) is 0 Å². The van der Waals surface area contributed by atoms with Crippen LogP contribution in [0.3, 0.4) is 0 Å². The molecule has 1 unspecified atom stereocenters. The highest BCUT2D eigenvalue weighted by Gasteiger charge is 2.10. The van der Waals surface area contributed by atoms with Crippen molar-refractivity contribution >= 4 is 24.1 Å². The molecule has 0 aliphatic carbocycles. The van der Waals surface area contributed by atoms with Gasteiger partial charge in [0.05, 0.1) is 14.2 Å². The third kappa shape index (κ3) is 8.36. The van der Waals surface area contributed by atoms with Gasteiger partial charge in [-0.2, -0.15) is 0 Å². The molecule has 1 atom stereocenters. The minimum absolute atomic E-state index is 0.288. The van der Waals surface area contributed by atoms with Crippen LogP contribution in [-0.4, -0.2) is 50.6 Å². The summed E-state index contributed by atoms with van der Waals surface area (Å²) in [5.74, 6) is -0.126. The number of carbonyl (C=O) groups is 2. The Morgan fingerprint density at radius 2 is 1.35 bits per heavy atom. The van der Waals surface area contributed by atoms with Crippen LogP contribution in [0.1, 0.15) is 16.7 Å². The molecule has 0 saturated carbocycles. The van der Waals surface area contributed by atoms with Crippen LogP contribution in [0.15, 0.2) is 54.6 Å². The molecular formula is C24H26O7. The standard InChI is InChI=1S/C24H26O7/c1-17-4-6-18(7-5-17)9-12-23(26)30-15-20(25)16-31-24(27)13-10-19-8-11-21(28-2)22(14-19)29-3/h4-14,20,25H,15-16H2,1-3H3/b12-9+,13-10+. The first-order valence-electron chi connectivity index (χ1n) is 9.57. The monoisotopic (exact) mass is 426 g/mol. The van der Waals surface area contributed by atoms with Crippen molar-refractivity contribution in [2.24, 2.45) is 0 Å². The van der Waals surface area contributed by atoms with E-state index in [0.717, 1.165) is 11.1 Å². The Morgan fingerprint density at radius 3 is 1.90 bits per heavy atom. The molecule has 0 bridgehead atoms. The molecule has 0 saturated heterocycles. The summed E-state index contributed by atoms with van der Waals surface area (Å²) in [4.78, 5) is 23.5. The molecule has 0 radical (unpaired) electrons. The first kappa shape index (κ1) is 23.7. The van der Waals surface area contributed by atoms with Crippen LogP contribution in [-0.2, 0) is 19.1 Å². The Hall–Kier alpha value is -3.58. The van der Waals surface area contributed by atoms with Gasteiger partial charge in [-0.1, -0.05) is 35.9 Å². The van der Waals surface area contributed by atoms with E-state index >= 15 is 0 Å². The van der Waals surface area contributed by atoms with Crippen molar-refractivity contribution < 1.29 is 33.6 Å². The predicted molar refractivity (Wildman–Crippen MR) is 117 cm³/mol. The normalized spacial score (nSPS) is 12.0. The Labute approximate surface area is 181 Å². The van der Waals surface area contributed by atoms with Crippen molar-refractivity contribution in [3.05, 3.63) is 71.3 Å². The van der Waals surface area contributed by atoms with Gasteiger partial charge in [0.1, 0.15) is 19.3 Å². The topological polar surface area (TPSA) is 91.3 Å². The summed E-state index contributed by atoms with van der Waals surface area (Å²) < 4.78 is 20.3. The minimum Gasteiger partial charge on any atom is -0.493 e. The zero-order valence-electron chi connectivity index (χ0n) is 17.7. The summed E-state index contributed by atoms with van der Waals surface area (Å²) in [7, 11) is 3.06. The fourth-order valence-corrected chi connectivity index (χ4v) is 2.46. The molecular weight excluding hydrogens is 400 g/mol. The van der Waals surface area contributed by atoms with E-state index in [9.17, 15) is 14.7 Å². The van der Waals surface area contributed by atoms with Crippen molar-refractivity contribution in [2.45, 2.75) is 13.0 Å². The Balaban J connectivity index is 1.73. The molecule has 2 aromatic carbocycles. The summed E-state index contributed by atoms with van der Waals surface area (Å²) in [6, 6.07) is 12.8. The second-order valence-corrected chi connectivity index (χ2v) is 6.61. The molecule has 2 rings (SSSR count). The van der Waals surface area contributed by atoms with Gasteiger partial charge in [-0.3, -0.25) is 0 Å². The molecule has 0 aliphatic heterocycles. The molecule has 7 heteroatoms. The smallest absolute Gasteiger partial charge is 0.330 e. The Kier molecular flexibility index (Phi) is 9.32. The van der Waals surface area contributed by atoms with Crippen LogP contribution >= 0.6 is 0 Å². The van der Waals surface area contributed by atoms with Gasteiger partial charge in [-0.15, -0.1) is 0 Å². The lowest BCUT2D eigenvalue weighted by molar-refractivity contribution is -0.146. The number of benzene rings is 2. The van der Waals surface area contributed by atoms with E-state index in [-0.39, 0.29) is 13.2 Å². The van der Waals surface area contributed by atoms with Gasteiger partial charge in [-0.25, -0.2) is 9.59 Å². The number of esters is 2. The van der Waals surface area contributed by atoms with Crippen molar-refractivity contribution in [1.29, 1.82) is 0 Å². The molecule has 0 fully saturated rings. The second-order valence-electron chi connectivity index (χ2n) is 6.61. The zero-order chi connectivity index (χ0) is 22.6. The van der Waals surface area contributed by atoms with E-state index in [1.807, 2.05) is 31.2 Å². The maximum atomic E-state index is 11.8. The second kappa shape index (κ2) is 12.2. The average Bonchev–Trinajstić information content (AvgIpc) is 2.79. The van der Waals surface area contributed by atoms with E-state index < -0.39 is 18.0 Å². The number of hydrogen-bond acceptors (Lipinski definition) is 7. The zero-order valence-corrected chi connectivity index (χ0v) is 17.7. The molecule has 2 aromatic rings. The van der Waals surface area contributed by atoms with Crippen LogP contribution in [0, 0.1) is 6.92 Å². The van der Waals surface area contributed by atoms with Crippen LogP contribution < -0.4 is 9.47 Å². The van der Waals surface area contributed by atoms with E-state index in [0.29, 0.717) is 17.1 Å². The average molecular weight is 426 g/mol. The highest BCUT2D eigenvalue weighted by atomic mass is 16.6. The van der Waals surface area contributed by atoms with Crippen molar-refractivity contribution in [2.75, 3.05) is 27.4 Å². The first-order chi connectivity index (χ1) is 14.9. The molecule has 0 aromatic heterocycles. The lowest BCUT2D eigenvalue weighted by atomic mass is 10.1. The first-order valence-corrected chi connectivity index (χ1v) is 9.57. The summed E-state index contributed by atoms with van der Waals surface area (Å²) in [6.45, 7) is 1.38. The molecule has 0 spiro atoms. The highest BCUT2D eigenvalue weighted by Crippen LogP contribution is 2.27. The largest absolute Gasteiger partial charge is 0.493 e. The van der Waals surface area contributed by atoms with E-state index in [2.05, 4.69) is 0 Å². The van der Waals surface area contributed by atoms with Crippen molar-refractivity contribution in [3.8, 4) is 11.5 Å². The summed E-state index contributed by atoms with van der Waals surface area (Å²) >= 11 is 0. The molecule has 164 valence electrons. The number of rotatable bonds is 10. The van der Waals surface area contributed by atoms with Gasteiger partial charge in [0.2, 0.25) is 0 Å². The lowest BCUT2D eigenvalue weighted by Gasteiger charge is -2.10. The van der Waals surface area contributed by atoms with Gasteiger partial charge in [0, 0.05) is 12.2 Å². The number of methoxy groups -OCH3 is 2. The van der Waals surface area contributed by atoms with Crippen LogP contribution in [0.5, 0.6) is 11.5 Å². The maximum Gasteiger partial charge on any atom is 0.330 e. The molecule has 1 N–H and O–H groups in total. The van der Waals surface area contributed by atoms with Crippen LogP contribution in [0.4, 0.5) is 0 Å². The third-order valence-corrected chi connectivity index (χ3v) is 4.14. The highest BCUT2D eigenvalue weighted by molar-refractivity contribution is 5.87. The van der Waals surface area contributed by atoms with E-state index in [1.165, 1.54) is 26.4 Å². The number of carbonyl (C=O) groups excluding carboxylic acids is 2. The molecule has 0 amide bonds. The number of aliphatic hydroxyl groups excluding tert-OH is 1. The summed E-state index contributed by atoms with van der Waals surface area (Å²) in [5.41, 5.74) is 2.69. The van der Waals surface area contributed by atoms with Crippen LogP contribution in [0.25, 0.3) is 12.2 Å². The number of ether oxygens (including phenoxy) is 4. The van der Waals surface area contributed by atoms with Gasteiger partial charge in [-0.05, 0) is 42.3 Å². The van der Waals surface area contributed by atoms with Crippen LogP contribution in [0.2, 0.25) is 0 Å². The fraction of sp³-hybridized carbons (Fsp3) is 0.250. The van der Waals surface area contributed by atoms with Gasteiger partial charge in [0.15, 0.2) is 11.5 Å². The number of aliphatic hydroxyl groups is 1. The SMILES string of the molecule is COc1ccc(/C=C/C(=O)OCC(O)COC(=O)/C=C/c2ccc(C)cc2)cc1OC. The Bertz CT molecular complexity index is 929. The molecule has 31 heavy (non-hydrogen) atoms. The Morgan fingerprint density at radius 1 is 0.839 bits per heavy atom. The molecule has 0 heterocycles. The lowest BCUT2D eigenvalue weighted by Crippen LogP contribution is -2.24. The number of hydrogen-bond donors (Lipinski definition) is 1. The van der Waals surface area contributed by atoms with Crippen molar-refractivity contribution in [1.82, 2.24) is 0 Å². The maximum absolute atomic E-state index is 11.8. The summed E-state index contributed by atoms with van der Waals surface area (Å²) in [5, 5.41) is 9.84. The predicted octanol–water partition coefficient (Wildman–Crippen LogP) is 3.19. The summed E-state index contributed by atoms with van der Waals surface area (Å²) in [6.07, 6.45) is 4.54. The number of aryl methyl sites for hydroxylation is 1. The van der Waals surface area contributed by atoms with Crippen molar-refractivity contribution in [3.63, 3.8) is 0 Å². The quantitative estimate of drug-likeness (QED) is 0.461. The van der Waals surface area contributed by atoms with Gasteiger partial charge < -0.3 is 24.1 Å². The minimum atomic E-state index is -1.13.